The van der Waals surface area contributed by atoms with Crippen LogP contribution in [0.4, 0.5) is 39.5 Å². The lowest BCUT2D eigenvalue weighted by Gasteiger charge is -2.42. The van der Waals surface area contributed by atoms with E-state index in [0.717, 1.165) is 0 Å². The largest absolute Gasteiger partial charge is 0.460 e. The summed E-state index contributed by atoms with van der Waals surface area (Å²) >= 11 is 0. The van der Waals surface area contributed by atoms with Gasteiger partial charge in [0.05, 0.1) is 6.61 Å². The van der Waals surface area contributed by atoms with Crippen LogP contribution in [0, 0.1) is 0 Å². The van der Waals surface area contributed by atoms with Gasteiger partial charge in [0.2, 0.25) is 5.60 Å². The summed E-state index contributed by atoms with van der Waals surface area (Å²) in [4.78, 5) is 0. The smallest absolute Gasteiger partial charge is 0.394 e. The lowest BCUT2D eigenvalue weighted by atomic mass is 9.82. The monoisotopic (exact) mass is 368 g/mol. The molecule has 0 amide bonds. The molecule has 0 bridgehead atoms. The van der Waals surface area contributed by atoms with Crippen molar-refractivity contribution in [3.05, 3.63) is 0 Å². The molecule has 0 spiro atoms. The highest BCUT2D eigenvalue weighted by Crippen LogP contribution is 2.58. The minimum atomic E-state index is -7.32. The number of halogens is 9. The summed E-state index contributed by atoms with van der Waals surface area (Å²) in [7, 11) is 0. The maximum atomic E-state index is 13.7. The van der Waals surface area contributed by atoms with Crippen LogP contribution in [0.5, 0.6) is 0 Å². The first-order chi connectivity index (χ1) is 10.00. The van der Waals surface area contributed by atoms with E-state index in [1.165, 1.54) is 0 Å². The molecule has 0 saturated carbocycles. The Morgan fingerprint density at radius 1 is 0.870 bits per heavy atom. The van der Waals surface area contributed by atoms with E-state index in [4.69, 9.17) is 10.2 Å². The van der Waals surface area contributed by atoms with Crippen LogP contribution in [0.15, 0.2) is 0 Å². The third-order valence-corrected chi connectivity index (χ3v) is 3.31. The van der Waals surface area contributed by atoms with Gasteiger partial charge in [-0.3, -0.25) is 0 Å². The highest BCUT2D eigenvalue weighted by molar-refractivity contribution is 5.16. The number of hydrogen-bond donors (Lipinski definition) is 4. The molecule has 23 heavy (non-hydrogen) atoms. The summed E-state index contributed by atoms with van der Waals surface area (Å²) in [5.74, 6) is -21.3. The van der Waals surface area contributed by atoms with E-state index in [1.807, 2.05) is 0 Å². The topological polar surface area (TPSA) is 90.2 Å². The quantitative estimate of drug-likeness (QED) is 0.535. The van der Waals surface area contributed by atoms with Crippen molar-refractivity contribution in [2.45, 2.75) is 48.0 Å². The second kappa shape index (κ2) is 5.34. The van der Waals surface area contributed by atoms with Gasteiger partial charge in [0.1, 0.15) is 12.2 Å². The zero-order chi connectivity index (χ0) is 18.6. The van der Waals surface area contributed by atoms with Crippen molar-refractivity contribution in [2.24, 2.45) is 0 Å². The average molecular weight is 368 g/mol. The van der Waals surface area contributed by atoms with Gasteiger partial charge in [-0.15, -0.1) is 0 Å². The Morgan fingerprint density at radius 3 is 1.61 bits per heavy atom. The molecule has 1 aliphatic rings. The molecule has 0 radical (unpaired) electrons. The number of aliphatic hydroxyl groups is 4. The summed E-state index contributed by atoms with van der Waals surface area (Å²) in [6.07, 6.45) is -16.3. The van der Waals surface area contributed by atoms with Gasteiger partial charge in [-0.1, -0.05) is 0 Å². The highest BCUT2D eigenvalue weighted by Gasteiger charge is 2.88. The van der Waals surface area contributed by atoms with E-state index < -0.39 is 54.6 Å². The molecular weight excluding hydrogens is 359 g/mol. The maximum absolute atomic E-state index is 13.7. The Hall–Kier alpha value is -0.830. The standard InChI is InChI=1S/C9H9F9O5/c10-6(11,7(12,13)8(14,15)9(16,17)18)5(22)3(20)2(1-19)23-4(5)21/h2-4,19-22H,1H2/t2-,3-,4-,5-/m0/s1. The van der Waals surface area contributed by atoms with Gasteiger partial charge < -0.3 is 25.2 Å². The number of hydrogen-bond acceptors (Lipinski definition) is 5. The summed E-state index contributed by atoms with van der Waals surface area (Å²) in [5.41, 5.74) is -4.95. The van der Waals surface area contributed by atoms with Gasteiger partial charge in [-0.25, -0.2) is 0 Å². The molecule has 0 unspecified atom stereocenters. The van der Waals surface area contributed by atoms with Gasteiger partial charge >= 0.3 is 23.9 Å². The van der Waals surface area contributed by atoms with Crippen LogP contribution in [0.25, 0.3) is 0 Å². The molecule has 14 heteroatoms. The fourth-order valence-corrected chi connectivity index (χ4v) is 1.88. The van der Waals surface area contributed by atoms with E-state index >= 15 is 0 Å². The zero-order valence-corrected chi connectivity index (χ0v) is 10.5. The van der Waals surface area contributed by atoms with Crippen molar-refractivity contribution in [3.8, 4) is 0 Å². The third-order valence-electron chi connectivity index (χ3n) is 3.31. The lowest BCUT2D eigenvalue weighted by molar-refractivity contribution is -0.428. The second-order valence-corrected chi connectivity index (χ2v) is 4.70. The third kappa shape index (κ3) is 2.38. The van der Waals surface area contributed by atoms with Crippen LogP contribution < -0.4 is 0 Å². The van der Waals surface area contributed by atoms with E-state index in [9.17, 15) is 49.7 Å². The summed E-state index contributed by atoms with van der Waals surface area (Å²) < 4.78 is 119. The van der Waals surface area contributed by atoms with E-state index in [2.05, 4.69) is 4.74 Å². The Labute approximate surface area is 120 Å². The fraction of sp³-hybridized carbons (Fsp3) is 1.00. The maximum Gasteiger partial charge on any atom is 0.460 e. The Bertz CT molecular complexity index is 453. The predicted molar refractivity (Wildman–Crippen MR) is 49.8 cm³/mol. The Morgan fingerprint density at radius 2 is 1.30 bits per heavy atom. The van der Waals surface area contributed by atoms with Crippen LogP contribution in [0.2, 0.25) is 0 Å². The molecule has 0 aromatic carbocycles. The zero-order valence-electron chi connectivity index (χ0n) is 10.5. The number of ether oxygens (including phenoxy) is 1. The Balaban J connectivity index is 3.45. The Kier molecular flexibility index (Phi) is 4.69. The van der Waals surface area contributed by atoms with E-state index in [-0.39, 0.29) is 0 Å². The number of alkyl halides is 9. The SMILES string of the molecule is OC[C@@H]1O[C@H](O)[C@](O)(C(F)(F)C(F)(F)C(F)(F)C(F)(F)F)[C@H]1O. The van der Waals surface area contributed by atoms with Gasteiger partial charge in [-0.2, -0.15) is 39.5 Å². The molecule has 138 valence electrons. The fourth-order valence-electron chi connectivity index (χ4n) is 1.88. The molecule has 1 fully saturated rings. The van der Waals surface area contributed by atoms with Gasteiger partial charge in [-0.05, 0) is 0 Å². The molecule has 1 aliphatic heterocycles. The molecular formula is C9H9F9O5. The average Bonchev–Trinajstić information content (AvgIpc) is 2.62. The molecule has 1 heterocycles. The minimum Gasteiger partial charge on any atom is -0.394 e. The van der Waals surface area contributed by atoms with Crippen LogP contribution in [0.3, 0.4) is 0 Å². The van der Waals surface area contributed by atoms with Crippen molar-refractivity contribution in [3.63, 3.8) is 0 Å². The summed E-state index contributed by atoms with van der Waals surface area (Å²) in [6, 6.07) is 0. The van der Waals surface area contributed by atoms with Crippen molar-refractivity contribution in [1.29, 1.82) is 0 Å². The molecule has 4 N–H and O–H groups in total. The van der Waals surface area contributed by atoms with Crippen LogP contribution >= 0.6 is 0 Å². The highest BCUT2D eigenvalue weighted by atomic mass is 19.4. The summed E-state index contributed by atoms with van der Waals surface area (Å²) in [6.45, 7) is -1.45. The number of rotatable bonds is 4. The lowest BCUT2D eigenvalue weighted by Crippen LogP contribution is -2.73. The molecule has 1 rings (SSSR count). The van der Waals surface area contributed by atoms with Gasteiger partial charge in [0, 0.05) is 0 Å². The van der Waals surface area contributed by atoms with Crippen molar-refractivity contribution >= 4 is 0 Å². The first kappa shape index (κ1) is 20.2. The molecule has 4 atom stereocenters. The second-order valence-electron chi connectivity index (χ2n) is 4.70. The van der Waals surface area contributed by atoms with Gasteiger partial charge in [0.15, 0.2) is 6.29 Å². The predicted octanol–water partition coefficient (Wildman–Crippen LogP) is 0.256. The van der Waals surface area contributed by atoms with Crippen molar-refractivity contribution in [2.75, 3.05) is 6.61 Å². The van der Waals surface area contributed by atoms with Gasteiger partial charge in [0.25, 0.3) is 0 Å². The molecule has 0 aromatic heterocycles. The molecule has 1 saturated heterocycles. The molecule has 0 aliphatic carbocycles. The summed E-state index contributed by atoms with van der Waals surface area (Å²) in [5, 5.41) is 36.1. The van der Waals surface area contributed by atoms with Crippen LogP contribution in [-0.4, -0.2) is 75.1 Å². The van der Waals surface area contributed by atoms with E-state index in [1.54, 1.807) is 0 Å². The van der Waals surface area contributed by atoms with Crippen molar-refractivity contribution in [1.82, 2.24) is 0 Å². The normalized spacial score (nSPS) is 34.0. The van der Waals surface area contributed by atoms with Crippen LogP contribution in [0.1, 0.15) is 0 Å². The number of aliphatic hydroxyl groups excluding tert-OH is 3. The molecule has 0 aromatic rings. The van der Waals surface area contributed by atoms with Crippen LogP contribution in [-0.2, 0) is 4.74 Å². The first-order valence-corrected chi connectivity index (χ1v) is 5.55. The van der Waals surface area contributed by atoms with E-state index in [0.29, 0.717) is 0 Å². The van der Waals surface area contributed by atoms with Crippen molar-refractivity contribution < 1.29 is 64.7 Å². The first-order valence-electron chi connectivity index (χ1n) is 5.55. The minimum absolute atomic E-state index is 1.45. The molecule has 5 nitrogen and oxygen atoms in total.